The van der Waals surface area contributed by atoms with E-state index in [1.165, 1.54) is 115 Å². The van der Waals surface area contributed by atoms with Gasteiger partial charge >= 0.3 is 7.82 Å². The minimum Gasteiger partial charge on any atom is -0.393 e. The fourth-order valence-electron chi connectivity index (χ4n) is 8.09. The first-order valence-electron chi connectivity index (χ1n) is 26.2. The Kier molecular flexibility index (Phi) is 38.8. The minimum absolute atomic E-state index is 0.262. The summed E-state index contributed by atoms with van der Waals surface area (Å²) in [5.41, 5.74) is 0. The van der Waals surface area contributed by atoms with E-state index in [0.717, 1.165) is 64.2 Å². The Morgan fingerprint density at radius 3 is 1.33 bits per heavy atom. The molecule has 13 nitrogen and oxygen atoms in total. The van der Waals surface area contributed by atoms with E-state index in [9.17, 15) is 50.0 Å². The topological polar surface area (TPSA) is 226 Å². The number of carbonyl (C=O) groups is 1. The normalized spacial score (nSPS) is 22.8. The highest BCUT2D eigenvalue weighted by Gasteiger charge is 2.51. The standard InChI is InChI=1S/C52H96NO12P/c1-3-5-7-9-11-13-15-17-19-20-21-22-23-24-26-28-30-32-34-36-38-40-45(55)44(42-64-66(62,63)65-52-50(60)48(58)47(57)49(59)51(52)61)53-46(56)41-43(54)39-37-35-33-31-29-27-25-18-16-14-12-10-8-6-4-2/h18,23-25,30,32,38,40,43-45,47-52,54-55,57-61H,3-17,19-22,26-29,31,33-37,39,41-42H2,1-2H3,(H,53,56)(H,62,63)/b24-23+,25-18-,32-30+,40-38+. The summed E-state index contributed by atoms with van der Waals surface area (Å²) in [6.07, 6.45) is 36.2. The molecule has 14 heteroatoms. The van der Waals surface area contributed by atoms with Crippen LogP contribution >= 0.6 is 7.82 Å². The number of phosphoric ester groups is 1. The van der Waals surface area contributed by atoms with Crippen LogP contribution < -0.4 is 5.32 Å². The van der Waals surface area contributed by atoms with Gasteiger partial charge in [0, 0.05) is 0 Å². The Labute approximate surface area is 399 Å². The van der Waals surface area contributed by atoms with Crippen molar-refractivity contribution in [2.75, 3.05) is 6.61 Å². The molecule has 9 N–H and O–H groups in total. The summed E-state index contributed by atoms with van der Waals surface area (Å²) in [6, 6.07) is -1.27. The van der Waals surface area contributed by atoms with Gasteiger partial charge in [0.2, 0.25) is 5.91 Å². The van der Waals surface area contributed by atoms with Crippen LogP contribution in [-0.2, 0) is 18.4 Å². The molecule has 0 saturated heterocycles. The second-order valence-electron chi connectivity index (χ2n) is 18.5. The van der Waals surface area contributed by atoms with Gasteiger partial charge in [-0.05, 0) is 70.6 Å². The molecule has 0 aromatic carbocycles. The van der Waals surface area contributed by atoms with Crippen molar-refractivity contribution < 1.29 is 59.0 Å². The van der Waals surface area contributed by atoms with Crippen molar-refractivity contribution >= 4 is 13.7 Å². The zero-order valence-corrected chi connectivity index (χ0v) is 42.0. The lowest BCUT2D eigenvalue weighted by molar-refractivity contribution is -0.220. The third-order valence-electron chi connectivity index (χ3n) is 12.4. The summed E-state index contributed by atoms with van der Waals surface area (Å²) in [5, 5.41) is 74.6. The van der Waals surface area contributed by atoms with Gasteiger partial charge in [0.15, 0.2) is 0 Å². The predicted octanol–water partition coefficient (Wildman–Crippen LogP) is 9.87. The molecule has 1 aliphatic rings. The lowest BCUT2D eigenvalue weighted by Gasteiger charge is -2.41. The number of hydrogen-bond acceptors (Lipinski definition) is 11. The zero-order valence-electron chi connectivity index (χ0n) is 41.1. The van der Waals surface area contributed by atoms with Gasteiger partial charge in [0.1, 0.15) is 36.6 Å². The van der Waals surface area contributed by atoms with Gasteiger partial charge in [-0.25, -0.2) is 4.57 Å². The molecule has 1 saturated carbocycles. The fraction of sp³-hybridized carbons (Fsp3) is 0.827. The molecule has 1 amide bonds. The lowest BCUT2D eigenvalue weighted by Crippen LogP contribution is -2.64. The predicted molar refractivity (Wildman–Crippen MR) is 266 cm³/mol. The Bertz CT molecular complexity index is 1310. The molecule has 0 bridgehead atoms. The molecular formula is C52H96NO12P. The summed E-state index contributed by atoms with van der Waals surface area (Å²) < 4.78 is 22.9. The van der Waals surface area contributed by atoms with Crippen LogP contribution in [0.4, 0.5) is 0 Å². The number of carbonyl (C=O) groups excluding carboxylic acids is 1. The van der Waals surface area contributed by atoms with Crippen molar-refractivity contribution in [1.82, 2.24) is 5.32 Å². The quantitative estimate of drug-likeness (QED) is 0.0158. The molecule has 8 atom stereocenters. The van der Waals surface area contributed by atoms with Gasteiger partial charge < -0.3 is 46.0 Å². The molecule has 0 aromatic heterocycles. The maximum Gasteiger partial charge on any atom is 0.472 e. The van der Waals surface area contributed by atoms with E-state index in [0.29, 0.717) is 19.3 Å². The van der Waals surface area contributed by atoms with Gasteiger partial charge in [0.25, 0.3) is 0 Å². The van der Waals surface area contributed by atoms with Crippen LogP contribution in [0, 0.1) is 0 Å². The second kappa shape index (κ2) is 41.1. The summed E-state index contributed by atoms with van der Waals surface area (Å²) in [6.45, 7) is 3.73. The molecule has 0 spiro atoms. The van der Waals surface area contributed by atoms with Crippen LogP contribution in [-0.4, -0.2) is 108 Å². The van der Waals surface area contributed by atoms with Gasteiger partial charge in [-0.2, -0.15) is 0 Å². The molecule has 1 rings (SSSR count). The highest BCUT2D eigenvalue weighted by molar-refractivity contribution is 7.47. The van der Waals surface area contributed by atoms with Crippen LogP contribution in [0.3, 0.4) is 0 Å². The molecule has 386 valence electrons. The van der Waals surface area contributed by atoms with Crippen LogP contribution in [0.25, 0.3) is 0 Å². The summed E-state index contributed by atoms with van der Waals surface area (Å²) >= 11 is 0. The van der Waals surface area contributed by atoms with Gasteiger partial charge in [-0.3, -0.25) is 13.8 Å². The zero-order chi connectivity index (χ0) is 48.7. The van der Waals surface area contributed by atoms with Crippen molar-refractivity contribution in [2.45, 2.75) is 268 Å². The number of rotatable bonds is 43. The van der Waals surface area contributed by atoms with Gasteiger partial charge in [-0.1, -0.05) is 184 Å². The third kappa shape index (κ3) is 32.1. The van der Waals surface area contributed by atoms with Gasteiger partial charge in [-0.15, -0.1) is 0 Å². The van der Waals surface area contributed by atoms with Crippen molar-refractivity contribution in [2.24, 2.45) is 0 Å². The second-order valence-corrected chi connectivity index (χ2v) is 19.9. The van der Waals surface area contributed by atoms with Crippen LogP contribution in [0.5, 0.6) is 0 Å². The monoisotopic (exact) mass is 958 g/mol. The number of allylic oxidation sites excluding steroid dienone is 7. The van der Waals surface area contributed by atoms with E-state index >= 15 is 0 Å². The summed E-state index contributed by atoms with van der Waals surface area (Å²) in [7, 11) is -5.16. The Balaban J connectivity index is 2.53. The average molecular weight is 958 g/mol. The first-order chi connectivity index (χ1) is 31.8. The number of nitrogens with one attached hydrogen (secondary N) is 1. The molecular weight excluding hydrogens is 862 g/mol. The van der Waals surface area contributed by atoms with Crippen molar-refractivity contribution in [3.05, 3.63) is 48.6 Å². The van der Waals surface area contributed by atoms with E-state index in [-0.39, 0.29) is 6.42 Å². The third-order valence-corrected chi connectivity index (χ3v) is 13.3. The summed E-state index contributed by atoms with van der Waals surface area (Å²) in [5.74, 6) is -0.612. The van der Waals surface area contributed by atoms with Crippen molar-refractivity contribution in [3.63, 3.8) is 0 Å². The number of phosphoric acid groups is 1. The van der Waals surface area contributed by atoms with E-state index < -0.39 is 75.2 Å². The van der Waals surface area contributed by atoms with E-state index in [4.69, 9.17) is 9.05 Å². The van der Waals surface area contributed by atoms with Crippen molar-refractivity contribution in [3.8, 4) is 0 Å². The first kappa shape index (κ1) is 62.3. The smallest absolute Gasteiger partial charge is 0.393 e. The molecule has 0 radical (unpaired) electrons. The van der Waals surface area contributed by atoms with Gasteiger partial charge in [0.05, 0.1) is 31.3 Å². The molecule has 8 unspecified atom stereocenters. The Morgan fingerprint density at radius 2 is 0.894 bits per heavy atom. The molecule has 0 aliphatic heterocycles. The maximum atomic E-state index is 13.0. The average Bonchev–Trinajstić information content (AvgIpc) is 3.29. The Hall–Kier alpha value is -1.74. The SMILES string of the molecule is CCCCCCCC/C=C\CCCCCCCC(O)CC(=O)NC(COP(=O)(O)OC1C(O)C(O)C(O)C(O)C1O)C(O)/C=C/CC/C=C/CC/C=C/CCCCCCCCCCCCC. The largest absolute Gasteiger partial charge is 0.472 e. The number of unbranched alkanes of at least 4 members (excludes halogenated alkanes) is 24. The van der Waals surface area contributed by atoms with Crippen molar-refractivity contribution in [1.29, 1.82) is 0 Å². The molecule has 0 heterocycles. The van der Waals surface area contributed by atoms with Crippen LogP contribution in [0.15, 0.2) is 48.6 Å². The lowest BCUT2D eigenvalue weighted by atomic mass is 9.85. The Morgan fingerprint density at radius 1 is 0.530 bits per heavy atom. The van der Waals surface area contributed by atoms with Crippen LogP contribution in [0.2, 0.25) is 0 Å². The van der Waals surface area contributed by atoms with E-state index in [1.807, 2.05) is 0 Å². The number of aliphatic hydroxyl groups is 7. The highest BCUT2D eigenvalue weighted by Crippen LogP contribution is 2.47. The highest BCUT2D eigenvalue weighted by atomic mass is 31.2. The molecule has 0 aromatic rings. The van der Waals surface area contributed by atoms with Crippen LogP contribution in [0.1, 0.15) is 213 Å². The molecule has 66 heavy (non-hydrogen) atoms. The minimum atomic E-state index is -5.16. The number of amides is 1. The first-order valence-corrected chi connectivity index (χ1v) is 27.7. The maximum absolute atomic E-state index is 13.0. The summed E-state index contributed by atoms with van der Waals surface area (Å²) in [4.78, 5) is 23.5. The fourth-order valence-corrected chi connectivity index (χ4v) is 9.06. The van der Waals surface area contributed by atoms with E-state index in [1.54, 1.807) is 6.08 Å². The number of hydrogen-bond donors (Lipinski definition) is 9. The molecule has 1 fully saturated rings. The number of aliphatic hydroxyl groups excluding tert-OH is 7. The van der Waals surface area contributed by atoms with E-state index in [2.05, 4.69) is 55.6 Å². The molecule has 1 aliphatic carbocycles.